The van der Waals surface area contributed by atoms with Gasteiger partial charge in [-0.3, -0.25) is 0 Å². The summed E-state index contributed by atoms with van der Waals surface area (Å²) in [4.78, 5) is 24.9. The maximum atomic E-state index is 12.7. The number of hydrogen-bond acceptors (Lipinski definition) is 5. The highest BCUT2D eigenvalue weighted by Gasteiger charge is 2.50. The zero-order chi connectivity index (χ0) is 19.1. The Hall–Kier alpha value is -2.66. The third-order valence-corrected chi connectivity index (χ3v) is 4.62. The summed E-state index contributed by atoms with van der Waals surface area (Å²) in [6, 6.07) is 8.77. The maximum absolute atomic E-state index is 12.7. The largest absolute Gasteiger partial charge is 0.463 e. The van der Waals surface area contributed by atoms with Gasteiger partial charge in [-0.05, 0) is 56.5 Å². The second-order valence-corrected chi connectivity index (χ2v) is 6.42. The van der Waals surface area contributed by atoms with Gasteiger partial charge in [0.1, 0.15) is 0 Å². The van der Waals surface area contributed by atoms with Crippen molar-refractivity contribution in [3.8, 4) is 11.1 Å². The first-order valence-electron chi connectivity index (χ1n) is 8.67. The van der Waals surface area contributed by atoms with E-state index in [1.807, 2.05) is 26.0 Å². The monoisotopic (exact) mass is 354 g/mol. The van der Waals surface area contributed by atoms with E-state index in [0.717, 1.165) is 22.3 Å². The molecule has 1 aliphatic carbocycles. The number of aliphatic hydroxyl groups is 1. The number of carbonyl (C=O) groups excluding carboxylic acids is 2. The van der Waals surface area contributed by atoms with Crippen LogP contribution in [-0.2, 0) is 19.9 Å². The molecule has 0 bridgehead atoms. The molecule has 0 amide bonds. The third-order valence-electron chi connectivity index (χ3n) is 4.62. The fourth-order valence-electron chi connectivity index (χ4n) is 3.66. The number of fused-ring (bicyclic) bond motifs is 3. The lowest BCUT2D eigenvalue weighted by atomic mass is 9.87. The van der Waals surface area contributed by atoms with E-state index in [0.29, 0.717) is 11.1 Å². The SMILES string of the molecule is CCOC(=O)c1ccc2c(c1)C(O)(C(=O)OCC)c1c(C)cc(C)cc1-2. The predicted octanol–water partition coefficient (Wildman–Crippen LogP) is 3.26. The van der Waals surface area contributed by atoms with Crippen LogP contribution in [0.25, 0.3) is 11.1 Å². The van der Waals surface area contributed by atoms with Gasteiger partial charge in [0.05, 0.1) is 18.8 Å². The molecule has 0 fully saturated rings. The second kappa shape index (κ2) is 6.57. The molecule has 1 aliphatic rings. The third kappa shape index (κ3) is 2.59. The molecule has 0 radical (unpaired) electrons. The van der Waals surface area contributed by atoms with Gasteiger partial charge in [-0.25, -0.2) is 9.59 Å². The van der Waals surface area contributed by atoms with Gasteiger partial charge in [0, 0.05) is 11.1 Å². The molecular weight excluding hydrogens is 332 g/mol. The minimum absolute atomic E-state index is 0.147. The van der Waals surface area contributed by atoms with Crippen molar-refractivity contribution in [3.63, 3.8) is 0 Å². The Morgan fingerprint density at radius 3 is 2.35 bits per heavy atom. The van der Waals surface area contributed by atoms with Gasteiger partial charge in [-0.1, -0.05) is 23.8 Å². The van der Waals surface area contributed by atoms with Crippen molar-refractivity contribution >= 4 is 11.9 Å². The van der Waals surface area contributed by atoms with Crippen molar-refractivity contribution in [2.24, 2.45) is 0 Å². The zero-order valence-corrected chi connectivity index (χ0v) is 15.4. The topological polar surface area (TPSA) is 72.8 Å². The number of esters is 2. The second-order valence-electron chi connectivity index (χ2n) is 6.42. The van der Waals surface area contributed by atoms with Crippen LogP contribution >= 0.6 is 0 Å². The van der Waals surface area contributed by atoms with E-state index in [2.05, 4.69) is 0 Å². The van der Waals surface area contributed by atoms with E-state index in [4.69, 9.17) is 9.47 Å². The van der Waals surface area contributed by atoms with Crippen LogP contribution in [0.4, 0.5) is 0 Å². The van der Waals surface area contributed by atoms with Crippen molar-refractivity contribution < 1.29 is 24.2 Å². The van der Waals surface area contributed by atoms with Crippen LogP contribution < -0.4 is 0 Å². The van der Waals surface area contributed by atoms with Crippen molar-refractivity contribution in [1.29, 1.82) is 0 Å². The van der Waals surface area contributed by atoms with E-state index < -0.39 is 17.5 Å². The minimum Gasteiger partial charge on any atom is -0.463 e. The summed E-state index contributed by atoms with van der Waals surface area (Å²) in [5, 5.41) is 11.5. The molecule has 5 heteroatoms. The van der Waals surface area contributed by atoms with E-state index in [9.17, 15) is 14.7 Å². The van der Waals surface area contributed by atoms with E-state index in [-0.39, 0.29) is 18.8 Å². The van der Waals surface area contributed by atoms with Crippen LogP contribution in [0.15, 0.2) is 30.3 Å². The van der Waals surface area contributed by atoms with Crippen LogP contribution in [-0.4, -0.2) is 30.3 Å². The fraction of sp³-hybridized carbons (Fsp3) is 0.333. The number of aryl methyl sites for hydroxylation is 2. The molecule has 1 unspecified atom stereocenters. The Morgan fingerprint density at radius 2 is 1.69 bits per heavy atom. The molecule has 0 heterocycles. The predicted molar refractivity (Wildman–Crippen MR) is 96.9 cm³/mol. The molecule has 1 N–H and O–H groups in total. The zero-order valence-electron chi connectivity index (χ0n) is 15.4. The minimum atomic E-state index is -1.94. The first-order chi connectivity index (χ1) is 12.3. The normalized spacial score (nSPS) is 17.4. The van der Waals surface area contributed by atoms with Crippen LogP contribution in [0.2, 0.25) is 0 Å². The van der Waals surface area contributed by atoms with Crippen LogP contribution in [0, 0.1) is 13.8 Å². The Bertz CT molecular complexity index is 900. The average molecular weight is 354 g/mol. The van der Waals surface area contributed by atoms with Gasteiger partial charge in [0.25, 0.3) is 0 Å². The van der Waals surface area contributed by atoms with E-state index in [1.165, 1.54) is 6.07 Å². The molecular formula is C21H22O5. The molecule has 0 saturated heterocycles. The van der Waals surface area contributed by atoms with Gasteiger partial charge in [-0.2, -0.15) is 0 Å². The summed E-state index contributed by atoms with van der Waals surface area (Å²) in [5.41, 5.74) is 2.53. The van der Waals surface area contributed by atoms with Crippen molar-refractivity contribution in [2.45, 2.75) is 33.3 Å². The van der Waals surface area contributed by atoms with Gasteiger partial charge in [0.2, 0.25) is 5.60 Å². The van der Waals surface area contributed by atoms with Crippen LogP contribution in [0.5, 0.6) is 0 Å². The number of carbonyl (C=O) groups is 2. The quantitative estimate of drug-likeness (QED) is 0.853. The summed E-state index contributed by atoms with van der Waals surface area (Å²) in [6.07, 6.45) is 0. The molecule has 0 aliphatic heterocycles. The highest BCUT2D eigenvalue weighted by molar-refractivity contribution is 5.99. The van der Waals surface area contributed by atoms with Crippen LogP contribution in [0.1, 0.15) is 46.5 Å². The van der Waals surface area contributed by atoms with Crippen molar-refractivity contribution in [3.05, 3.63) is 58.1 Å². The highest BCUT2D eigenvalue weighted by Crippen LogP contribution is 2.50. The van der Waals surface area contributed by atoms with E-state index >= 15 is 0 Å². The van der Waals surface area contributed by atoms with Gasteiger partial charge >= 0.3 is 11.9 Å². The number of rotatable bonds is 4. The van der Waals surface area contributed by atoms with Crippen molar-refractivity contribution in [1.82, 2.24) is 0 Å². The summed E-state index contributed by atoms with van der Waals surface area (Å²) in [5.74, 6) is -1.24. The van der Waals surface area contributed by atoms with Gasteiger partial charge in [0.15, 0.2) is 0 Å². The average Bonchev–Trinajstić information content (AvgIpc) is 2.85. The Morgan fingerprint density at radius 1 is 1.00 bits per heavy atom. The molecule has 2 aromatic carbocycles. The van der Waals surface area contributed by atoms with Gasteiger partial charge < -0.3 is 14.6 Å². The molecule has 5 nitrogen and oxygen atoms in total. The summed E-state index contributed by atoms with van der Waals surface area (Å²) >= 11 is 0. The Balaban J connectivity index is 2.28. The summed E-state index contributed by atoms with van der Waals surface area (Å²) in [7, 11) is 0. The maximum Gasteiger partial charge on any atom is 0.347 e. The van der Waals surface area contributed by atoms with Gasteiger partial charge in [-0.15, -0.1) is 0 Å². The molecule has 1 atom stereocenters. The number of benzene rings is 2. The molecule has 26 heavy (non-hydrogen) atoms. The lowest BCUT2D eigenvalue weighted by Crippen LogP contribution is -2.37. The van der Waals surface area contributed by atoms with Crippen LogP contribution in [0.3, 0.4) is 0 Å². The standard InChI is InChI=1S/C21H22O5/c1-5-25-19(22)14-7-8-15-16-10-12(3)9-13(4)18(16)21(24,17(15)11-14)20(23)26-6-2/h7-11,24H,5-6H2,1-4H3. The molecule has 136 valence electrons. The number of hydrogen-bond donors (Lipinski definition) is 1. The molecule has 2 aromatic rings. The summed E-state index contributed by atoms with van der Waals surface area (Å²) < 4.78 is 10.2. The van der Waals surface area contributed by atoms with E-state index in [1.54, 1.807) is 26.0 Å². The Kier molecular flexibility index (Phi) is 4.59. The fourth-order valence-corrected chi connectivity index (χ4v) is 3.66. The molecule has 0 saturated carbocycles. The smallest absolute Gasteiger partial charge is 0.347 e. The lowest BCUT2D eigenvalue weighted by molar-refractivity contribution is -0.161. The first-order valence-corrected chi connectivity index (χ1v) is 8.67. The molecule has 3 rings (SSSR count). The number of ether oxygens (including phenoxy) is 2. The lowest BCUT2D eigenvalue weighted by Gasteiger charge is -2.25. The van der Waals surface area contributed by atoms with Crippen molar-refractivity contribution in [2.75, 3.05) is 13.2 Å². The first kappa shape index (κ1) is 18.1. The highest BCUT2D eigenvalue weighted by atomic mass is 16.5. The Labute approximate surface area is 152 Å². The summed E-state index contributed by atoms with van der Waals surface area (Å²) in [6.45, 7) is 7.62. The molecule has 0 spiro atoms. The molecule has 0 aromatic heterocycles.